The Morgan fingerprint density at radius 1 is 1.34 bits per heavy atom. The molecule has 2 unspecified atom stereocenters. The standard InChI is InChI=1S/C21H22ClN3O6S/c22-14-3-1-2-12(4-14)5-23-20(28)18-24-19(27)17-13(11-32-21(17)25-18)7-29-8-16-10-30-15(6-26)9-31-16/h1-4,11,15-16,26H,5-10H2,(H,23,28)(H,24,25,27). The molecule has 9 nitrogen and oxygen atoms in total. The van der Waals surface area contributed by atoms with Crippen molar-refractivity contribution in [1.29, 1.82) is 0 Å². The van der Waals surface area contributed by atoms with E-state index in [9.17, 15) is 9.59 Å². The summed E-state index contributed by atoms with van der Waals surface area (Å²) in [6.45, 7) is 1.34. The van der Waals surface area contributed by atoms with Crippen LogP contribution in [0.4, 0.5) is 0 Å². The van der Waals surface area contributed by atoms with Crippen LogP contribution in [0.25, 0.3) is 10.2 Å². The minimum Gasteiger partial charge on any atom is -0.394 e. The number of fused-ring (bicyclic) bond motifs is 1. The molecule has 1 fully saturated rings. The molecule has 3 heterocycles. The Hall–Kier alpha value is -2.34. The van der Waals surface area contributed by atoms with Crippen molar-refractivity contribution in [2.75, 3.05) is 26.4 Å². The Morgan fingerprint density at radius 3 is 2.91 bits per heavy atom. The van der Waals surface area contributed by atoms with Gasteiger partial charge in [0, 0.05) is 17.1 Å². The van der Waals surface area contributed by atoms with E-state index in [1.807, 2.05) is 6.07 Å². The Morgan fingerprint density at radius 2 is 2.16 bits per heavy atom. The van der Waals surface area contributed by atoms with Gasteiger partial charge >= 0.3 is 0 Å². The van der Waals surface area contributed by atoms with Gasteiger partial charge in [-0.15, -0.1) is 11.3 Å². The molecule has 0 saturated carbocycles. The number of nitrogens with one attached hydrogen (secondary N) is 2. The van der Waals surface area contributed by atoms with E-state index in [4.69, 9.17) is 30.9 Å². The van der Waals surface area contributed by atoms with E-state index in [0.29, 0.717) is 40.6 Å². The number of hydrogen-bond donors (Lipinski definition) is 3. The van der Waals surface area contributed by atoms with E-state index in [0.717, 1.165) is 5.56 Å². The number of aromatic amines is 1. The van der Waals surface area contributed by atoms with E-state index < -0.39 is 11.5 Å². The lowest BCUT2D eigenvalue weighted by atomic mass is 10.2. The number of nitrogens with zero attached hydrogens (tertiary/aromatic N) is 1. The molecule has 3 aromatic rings. The van der Waals surface area contributed by atoms with E-state index in [2.05, 4.69) is 15.3 Å². The highest BCUT2D eigenvalue weighted by atomic mass is 35.5. The Bertz CT molecular complexity index is 1140. The number of ether oxygens (including phenoxy) is 3. The van der Waals surface area contributed by atoms with Crippen LogP contribution in [0.5, 0.6) is 0 Å². The first-order valence-electron chi connectivity index (χ1n) is 9.98. The number of carbonyl (C=O) groups excluding carboxylic acids is 1. The predicted octanol–water partition coefficient (Wildman–Crippen LogP) is 1.86. The zero-order chi connectivity index (χ0) is 22.5. The summed E-state index contributed by atoms with van der Waals surface area (Å²) in [7, 11) is 0. The summed E-state index contributed by atoms with van der Waals surface area (Å²) in [6.07, 6.45) is -0.525. The van der Waals surface area contributed by atoms with Gasteiger partial charge in [0.15, 0.2) is 0 Å². The third-order valence-corrected chi connectivity index (χ3v) is 6.03. The Kier molecular flexibility index (Phi) is 7.51. The average Bonchev–Trinajstić information content (AvgIpc) is 3.21. The summed E-state index contributed by atoms with van der Waals surface area (Å²) >= 11 is 7.23. The normalized spacial score (nSPS) is 18.7. The van der Waals surface area contributed by atoms with E-state index in [1.54, 1.807) is 23.6 Å². The molecule has 0 radical (unpaired) electrons. The molecule has 2 aromatic heterocycles. The smallest absolute Gasteiger partial charge is 0.287 e. The molecule has 1 aliphatic rings. The second-order valence-corrected chi connectivity index (χ2v) is 8.57. The molecule has 1 aliphatic heterocycles. The number of aliphatic hydroxyl groups is 1. The van der Waals surface area contributed by atoms with Crippen LogP contribution >= 0.6 is 22.9 Å². The second-order valence-electron chi connectivity index (χ2n) is 7.28. The summed E-state index contributed by atoms with van der Waals surface area (Å²) in [5.41, 5.74) is 1.13. The molecule has 4 rings (SSSR count). The maximum absolute atomic E-state index is 12.6. The van der Waals surface area contributed by atoms with Crippen LogP contribution in [0.3, 0.4) is 0 Å². The average molecular weight is 480 g/mol. The quantitative estimate of drug-likeness (QED) is 0.450. The first kappa shape index (κ1) is 22.8. The zero-order valence-electron chi connectivity index (χ0n) is 17.0. The van der Waals surface area contributed by atoms with Gasteiger partial charge < -0.3 is 29.6 Å². The highest BCUT2D eigenvalue weighted by Gasteiger charge is 2.22. The van der Waals surface area contributed by atoms with Crippen LogP contribution in [0.1, 0.15) is 21.7 Å². The number of carbonyl (C=O) groups is 1. The number of aromatic nitrogens is 2. The minimum atomic E-state index is -0.481. The van der Waals surface area contributed by atoms with Crippen molar-refractivity contribution in [3.05, 3.63) is 62.0 Å². The van der Waals surface area contributed by atoms with Crippen molar-refractivity contribution in [2.24, 2.45) is 0 Å². The fourth-order valence-corrected chi connectivity index (χ4v) is 4.36. The molecule has 1 aromatic carbocycles. The fourth-order valence-electron chi connectivity index (χ4n) is 3.22. The van der Waals surface area contributed by atoms with E-state index in [-0.39, 0.29) is 37.8 Å². The summed E-state index contributed by atoms with van der Waals surface area (Å²) < 4.78 is 16.7. The van der Waals surface area contributed by atoms with Gasteiger partial charge in [0.2, 0.25) is 5.82 Å². The SMILES string of the molecule is O=C(NCc1cccc(Cl)c1)c1nc2scc(COCC3COC(CO)CO3)c2c(=O)[nH]1. The number of rotatable bonds is 8. The number of thiophene rings is 1. The lowest BCUT2D eigenvalue weighted by Crippen LogP contribution is -2.39. The first-order valence-corrected chi connectivity index (χ1v) is 11.2. The van der Waals surface area contributed by atoms with E-state index >= 15 is 0 Å². The lowest BCUT2D eigenvalue weighted by molar-refractivity contribution is -0.162. The number of aliphatic hydroxyl groups excluding tert-OH is 1. The maximum atomic E-state index is 12.6. The molecular weight excluding hydrogens is 458 g/mol. The van der Waals surface area contributed by atoms with Crippen molar-refractivity contribution in [3.8, 4) is 0 Å². The first-order chi connectivity index (χ1) is 15.5. The van der Waals surface area contributed by atoms with Gasteiger partial charge in [0.05, 0.1) is 38.4 Å². The summed E-state index contributed by atoms with van der Waals surface area (Å²) in [5.74, 6) is -0.532. The molecule has 0 spiro atoms. The van der Waals surface area contributed by atoms with Gasteiger partial charge in [-0.3, -0.25) is 9.59 Å². The Labute approximate surface area is 192 Å². The van der Waals surface area contributed by atoms with Crippen LogP contribution in [0, 0.1) is 0 Å². The molecule has 1 saturated heterocycles. The van der Waals surface area contributed by atoms with Crippen LogP contribution in [-0.2, 0) is 27.4 Å². The van der Waals surface area contributed by atoms with Crippen molar-refractivity contribution in [3.63, 3.8) is 0 Å². The molecule has 0 bridgehead atoms. The van der Waals surface area contributed by atoms with Crippen molar-refractivity contribution < 1.29 is 24.1 Å². The molecule has 11 heteroatoms. The number of hydrogen-bond acceptors (Lipinski definition) is 8. The van der Waals surface area contributed by atoms with Gasteiger partial charge in [-0.1, -0.05) is 23.7 Å². The van der Waals surface area contributed by atoms with Gasteiger partial charge in [0.1, 0.15) is 17.0 Å². The second kappa shape index (κ2) is 10.5. The molecule has 1 amide bonds. The number of H-pyrrole nitrogens is 1. The monoisotopic (exact) mass is 479 g/mol. The molecule has 32 heavy (non-hydrogen) atoms. The topological polar surface area (TPSA) is 123 Å². The summed E-state index contributed by atoms with van der Waals surface area (Å²) in [4.78, 5) is 32.4. The third-order valence-electron chi connectivity index (χ3n) is 4.88. The van der Waals surface area contributed by atoms with Crippen molar-refractivity contribution >= 4 is 39.1 Å². The number of halogens is 1. The Balaban J connectivity index is 1.36. The van der Waals surface area contributed by atoms with Gasteiger partial charge in [-0.25, -0.2) is 4.98 Å². The number of benzene rings is 1. The molecule has 170 valence electrons. The van der Waals surface area contributed by atoms with Gasteiger partial charge in [-0.05, 0) is 23.1 Å². The highest BCUT2D eigenvalue weighted by molar-refractivity contribution is 7.16. The maximum Gasteiger partial charge on any atom is 0.287 e. The number of amides is 1. The summed E-state index contributed by atoms with van der Waals surface area (Å²) in [5, 5.41) is 14.6. The largest absolute Gasteiger partial charge is 0.394 e. The van der Waals surface area contributed by atoms with Crippen LogP contribution < -0.4 is 10.9 Å². The molecular formula is C21H22ClN3O6S. The van der Waals surface area contributed by atoms with Gasteiger partial charge in [0.25, 0.3) is 11.5 Å². The van der Waals surface area contributed by atoms with Gasteiger partial charge in [-0.2, -0.15) is 0 Å². The van der Waals surface area contributed by atoms with E-state index in [1.165, 1.54) is 11.3 Å². The van der Waals surface area contributed by atoms with Crippen LogP contribution in [0.15, 0.2) is 34.4 Å². The molecule has 0 aliphatic carbocycles. The molecule has 2 atom stereocenters. The minimum absolute atomic E-state index is 0.0509. The zero-order valence-corrected chi connectivity index (χ0v) is 18.6. The summed E-state index contributed by atoms with van der Waals surface area (Å²) in [6, 6.07) is 7.14. The lowest BCUT2D eigenvalue weighted by Gasteiger charge is -2.28. The predicted molar refractivity (Wildman–Crippen MR) is 119 cm³/mol. The molecule has 3 N–H and O–H groups in total. The van der Waals surface area contributed by atoms with Crippen molar-refractivity contribution in [1.82, 2.24) is 15.3 Å². The van der Waals surface area contributed by atoms with Crippen molar-refractivity contribution in [2.45, 2.75) is 25.4 Å². The van der Waals surface area contributed by atoms with Crippen LogP contribution in [-0.4, -0.2) is 59.6 Å². The van der Waals surface area contributed by atoms with Crippen LogP contribution in [0.2, 0.25) is 5.02 Å². The highest BCUT2D eigenvalue weighted by Crippen LogP contribution is 2.22. The third kappa shape index (κ3) is 5.52. The fraction of sp³-hybridized carbons (Fsp3) is 0.381.